The molecule has 0 spiro atoms. The molecular formula is C64H117NO26S. The second-order valence-corrected chi connectivity index (χ2v) is 25.1. The number of hydrogen-bond donors (Lipinski definition) is 1. The van der Waals surface area contributed by atoms with Crippen LogP contribution >= 0.6 is 11.8 Å². The van der Waals surface area contributed by atoms with E-state index in [4.69, 9.17) is 114 Å². The van der Waals surface area contributed by atoms with Gasteiger partial charge >= 0.3 is 0 Å². The normalized spacial score (nSPS) is 36.9. The van der Waals surface area contributed by atoms with Crippen LogP contribution in [0.4, 0.5) is 0 Å². The highest BCUT2D eigenvalue weighted by Crippen LogP contribution is 2.42. The standard InChI is InChI=1S/C64H117NO26S/c1-18-45-49(38(4)40(6)60(74-17)85-45)88-62-57(71-14)54(68-11)51(42(8)83-62)90-61-41(7)39(5)50(46(19-2)86-61)89-63-58(72-15)55(69-12)52(43(9)84-63)91-64-59(73-16)56(70-13)53(47(20-3)87-64)82-34-33-79-28-27-76-24-23-75-22-21-65-48(67)37-81-32-31-78-26-25-77-29-30-80-35-36-92-44(10)66/h38-43,45-47,49-64H,18-37H2,1-17H3,(H,65,67)/t38-,39-,40-,41-,42+,43-,45-,46-,47-,49+,50+,51-,52-,53-,54+,55+,56+,57-,58-,59-,60+,61-,62+,63+,64-/m1/s1. The number of nitrogens with one attached hydrogen (secondary N) is 1. The van der Waals surface area contributed by atoms with Crippen molar-refractivity contribution in [2.24, 2.45) is 23.7 Å². The monoisotopic (exact) mass is 1350 g/mol. The minimum atomic E-state index is -0.893. The van der Waals surface area contributed by atoms with Crippen molar-refractivity contribution in [3.05, 3.63) is 0 Å². The third kappa shape index (κ3) is 24.2. The molecule has 540 valence electrons. The van der Waals surface area contributed by atoms with Gasteiger partial charge in [0.25, 0.3) is 0 Å². The largest absolute Gasteiger partial charge is 0.378 e. The number of ether oxygens (including phenoxy) is 24. The summed E-state index contributed by atoms with van der Waals surface area (Å²) in [5.74, 6) is 0.390. The summed E-state index contributed by atoms with van der Waals surface area (Å²) in [5, 5.41) is 2.83. The zero-order valence-corrected chi connectivity index (χ0v) is 58.9. The lowest BCUT2D eigenvalue weighted by Crippen LogP contribution is -2.65. The SMILES string of the molecule is CC[C@H]1O[C@H](OC)[C@H](C)[C@@H](C)[C@@H]1O[C@@H]1O[C@@H](C)[C@@H](O[C@H]2O[C@H](CC)[C@@H](O[C@@H]3O[C@H](C)[C@@H](O[C@H]4O[C@H](CC)[C@@H](OCCOCCOCCOCCNC(=O)COCCOCCOCCOCCSC(C)=O)[C@H](OC)[C@H]4OC)[C@H](OC)[C@H]3OC)[C@H](C)[C@H]2C)[C@H](OC)[C@H]1OC. The molecule has 5 saturated heterocycles. The minimum absolute atomic E-state index is 0.0709. The molecular weight excluding hydrogens is 1230 g/mol. The Hall–Kier alpha value is -1.47. The van der Waals surface area contributed by atoms with Gasteiger partial charge in [0.05, 0.1) is 135 Å². The summed E-state index contributed by atoms with van der Waals surface area (Å²) in [5.41, 5.74) is 0. The molecule has 0 saturated carbocycles. The molecule has 25 atom stereocenters. The molecule has 5 rings (SSSR count). The van der Waals surface area contributed by atoms with E-state index in [0.29, 0.717) is 104 Å². The van der Waals surface area contributed by atoms with E-state index in [0.717, 1.165) is 6.42 Å². The van der Waals surface area contributed by atoms with Crippen molar-refractivity contribution < 1.29 is 123 Å². The van der Waals surface area contributed by atoms with Crippen molar-refractivity contribution in [2.75, 3.05) is 161 Å². The van der Waals surface area contributed by atoms with Crippen LogP contribution < -0.4 is 5.32 Å². The summed E-state index contributed by atoms with van der Waals surface area (Å²) < 4.78 is 148. The van der Waals surface area contributed by atoms with E-state index in [-0.39, 0.29) is 79.1 Å². The van der Waals surface area contributed by atoms with Gasteiger partial charge in [-0.3, -0.25) is 9.59 Å². The van der Waals surface area contributed by atoms with Crippen LogP contribution in [0.5, 0.6) is 0 Å². The maximum atomic E-state index is 12.1. The molecule has 0 unspecified atom stereocenters. The second-order valence-electron chi connectivity index (χ2n) is 23.8. The lowest BCUT2D eigenvalue weighted by molar-refractivity contribution is -0.383. The number of hydrogen-bond acceptors (Lipinski definition) is 27. The van der Waals surface area contributed by atoms with Gasteiger partial charge in [0.15, 0.2) is 36.6 Å². The number of carbonyl (C=O) groups is 2. The number of rotatable bonds is 45. The van der Waals surface area contributed by atoms with Crippen LogP contribution in [0.3, 0.4) is 0 Å². The van der Waals surface area contributed by atoms with E-state index in [9.17, 15) is 9.59 Å². The van der Waals surface area contributed by atoms with Crippen LogP contribution in [0.15, 0.2) is 0 Å². The van der Waals surface area contributed by atoms with Gasteiger partial charge in [-0.1, -0.05) is 60.2 Å². The Morgan fingerprint density at radius 2 is 0.707 bits per heavy atom. The zero-order valence-electron chi connectivity index (χ0n) is 58.1. The van der Waals surface area contributed by atoms with Gasteiger partial charge in [0, 0.05) is 80.8 Å². The molecule has 5 fully saturated rings. The molecule has 28 heteroatoms. The number of methoxy groups -OCH3 is 7. The highest BCUT2D eigenvalue weighted by Gasteiger charge is 2.56. The van der Waals surface area contributed by atoms with Crippen molar-refractivity contribution in [1.29, 1.82) is 0 Å². The molecule has 0 bridgehead atoms. The van der Waals surface area contributed by atoms with Gasteiger partial charge in [0.2, 0.25) is 5.91 Å². The van der Waals surface area contributed by atoms with Crippen LogP contribution in [-0.4, -0.2) is 301 Å². The van der Waals surface area contributed by atoms with Crippen molar-refractivity contribution >= 4 is 22.8 Å². The third-order valence-electron chi connectivity index (χ3n) is 17.9. The van der Waals surface area contributed by atoms with Crippen molar-refractivity contribution in [2.45, 2.75) is 218 Å². The molecule has 0 radical (unpaired) electrons. The fourth-order valence-electron chi connectivity index (χ4n) is 12.4. The van der Waals surface area contributed by atoms with Crippen molar-refractivity contribution in [1.82, 2.24) is 5.32 Å². The molecule has 0 aromatic heterocycles. The lowest BCUT2D eigenvalue weighted by atomic mass is 9.83. The van der Waals surface area contributed by atoms with Gasteiger partial charge < -0.3 is 119 Å². The first kappa shape index (κ1) is 81.2. The lowest BCUT2D eigenvalue weighted by Gasteiger charge is -2.52. The molecule has 92 heavy (non-hydrogen) atoms. The van der Waals surface area contributed by atoms with Gasteiger partial charge in [-0.25, -0.2) is 0 Å². The molecule has 1 N–H and O–H groups in total. The summed E-state index contributed by atoms with van der Waals surface area (Å²) in [6.45, 7) is 25.6. The fraction of sp³-hybridized carbons (Fsp3) is 0.969. The maximum absolute atomic E-state index is 12.1. The number of thioether (sulfide) groups is 1. The quantitative estimate of drug-likeness (QED) is 0.0816. The van der Waals surface area contributed by atoms with E-state index in [1.54, 1.807) is 49.8 Å². The highest BCUT2D eigenvalue weighted by atomic mass is 32.2. The highest BCUT2D eigenvalue weighted by molar-refractivity contribution is 8.13. The fourth-order valence-corrected chi connectivity index (χ4v) is 12.9. The van der Waals surface area contributed by atoms with Crippen LogP contribution in [0.2, 0.25) is 0 Å². The third-order valence-corrected chi connectivity index (χ3v) is 18.7. The Balaban J connectivity index is 1.01. The smallest absolute Gasteiger partial charge is 0.246 e. The Kier molecular flexibility index (Phi) is 39.3. The summed E-state index contributed by atoms with van der Waals surface area (Å²) in [4.78, 5) is 23.0. The second kappa shape index (κ2) is 44.5. The summed E-state index contributed by atoms with van der Waals surface area (Å²) in [6.07, 6.45) is -9.73. The molecule has 0 aromatic rings. The Morgan fingerprint density at radius 1 is 0.359 bits per heavy atom. The number of carbonyl (C=O) groups excluding carboxylic acids is 2. The van der Waals surface area contributed by atoms with Crippen LogP contribution in [0.25, 0.3) is 0 Å². The van der Waals surface area contributed by atoms with Crippen molar-refractivity contribution in [3.8, 4) is 0 Å². The van der Waals surface area contributed by atoms with Crippen LogP contribution in [0.1, 0.15) is 88.5 Å². The Bertz CT molecular complexity index is 1960. The molecule has 0 aromatic carbocycles. The van der Waals surface area contributed by atoms with Gasteiger partial charge in [0.1, 0.15) is 61.5 Å². The van der Waals surface area contributed by atoms with Crippen molar-refractivity contribution in [3.63, 3.8) is 0 Å². The molecule has 1 amide bonds. The first-order chi connectivity index (χ1) is 44.5. The van der Waals surface area contributed by atoms with Gasteiger partial charge in [-0.2, -0.15) is 0 Å². The first-order valence-corrected chi connectivity index (χ1v) is 34.1. The van der Waals surface area contributed by atoms with E-state index in [1.165, 1.54) is 18.7 Å². The molecule has 27 nitrogen and oxygen atoms in total. The summed E-state index contributed by atoms with van der Waals surface area (Å²) in [7, 11) is 11.4. The Labute approximate surface area is 551 Å². The Morgan fingerprint density at radius 3 is 1.14 bits per heavy atom. The van der Waals surface area contributed by atoms with E-state index in [1.807, 2.05) is 20.8 Å². The first-order valence-electron chi connectivity index (χ1n) is 33.2. The average molecular weight is 1350 g/mol. The molecule has 5 aliphatic rings. The summed E-state index contributed by atoms with van der Waals surface area (Å²) in [6, 6.07) is 0. The molecule has 5 heterocycles. The zero-order chi connectivity index (χ0) is 67.1. The molecule has 0 aliphatic carbocycles. The van der Waals surface area contributed by atoms with E-state index < -0.39 is 105 Å². The van der Waals surface area contributed by atoms with E-state index >= 15 is 0 Å². The predicted octanol–water partition coefficient (Wildman–Crippen LogP) is 4.60. The summed E-state index contributed by atoms with van der Waals surface area (Å²) >= 11 is 1.24. The van der Waals surface area contributed by atoms with Gasteiger partial charge in [-0.05, 0) is 44.9 Å². The van der Waals surface area contributed by atoms with Crippen LogP contribution in [-0.2, 0) is 123 Å². The minimum Gasteiger partial charge on any atom is -0.378 e. The van der Waals surface area contributed by atoms with Crippen LogP contribution in [0, 0.1) is 23.7 Å². The molecule has 5 aliphatic heterocycles. The maximum Gasteiger partial charge on any atom is 0.246 e. The topological polar surface area (TPSA) is 268 Å². The van der Waals surface area contributed by atoms with Gasteiger partial charge in [-0.15, -0.1) is 0 Å². The number of amides is 1. The average Bonchev–Trinajstić information content (AvgIpc) is 0.834. The predicted molar refractivity (Wildman–Crippen MR) is 335 cm³/mol. The van der Waals surface area contributed by atoms with E-state index in [2.05, 4.69) is 46.9 Å².